The molecule has 0 bridgehead atoms. The molecule has 0 amide bonds. The molecule has 1 nitrogen and oxygen atoms in total. The smallest absolute Gasteiger partial charge is 0.872 e. The number of benzene rings is 1. The molecule has 0 spiro atoms. The summed E-state index contributed by atoms with van der Waals surface area (Å²) in [6.45, 7) is 4.02. The minimum Gasteiger partial charge on any atom is -0.872 e. The van der Waals surface area contributed by atoms with Crippen molar-refractivity contribution in [2.24, 2.45) is 0 Å². The Labute approximate surface area is 86.0 Å². The molecule has 0 saturated carbocycles. The van der Waals surface area contributed by atoms with E-state index < -0.39 is 0 Å². The van der Waals surface area contributed by atoms with Gasteiger partial charge in [0.2, 0.25) is 0 Å². The minimum absolute atomic E-state index is 0. The van der Waals surface area contributed by atoms with Gasteiger partial charge in [0.05, 0.1) is 0 Å². The molecule has 0 aromatic heterocycles. The fourth-order valence-corrected chi connectivity index (χ4v) is 1.19. The van der Waals surface area contributed by atoms with Crippen LogP contribution in [0.2, 0.25) is 0 Å². The molecular formula is C10H13LiO. The van der Waals surface area contributed by atoms with Crippen LogP contribution in [-0.2, 0) is 12.8 Å². The van der Waals surface area contributed by atoms with Crippen LogP contribution in [-0.4, -0.2) is 0 Å². The van der Waals surface area contributed by atoms with Crippen LogP contribution >= 0.6 is 0 Å². The third-order valence-corrected chi connectivity index (χ3v) is 1.94. The molecular weight excluding hydrogens is 143 g/mol. The minimum atomic E-state index is 0. The Hall–Kier alpha value is -0.383. The van der Waals surface area contributed by atoms with Crippen LogP contribution < -0.4 is 24.0 Å². The van der Waals surface area contributed by atoms with Crippen molar-refractivity contribution in [3.05, 3.63) is 29.3 Å². The first-order valence-electron chi connectivity index (χ1n) is 4.07. The van der Waals surface area contributed by atoms with Gasteiger partial charge in [0, 0.05) is 0 Å². The van der Waals surface area contributed by atoms with Crippen molar-refractivity contribution < 1.29 is 24.0 Å². The fraction of sp³-hybridized carbons (Fsp3) is 0.400. The van der Waals surface area contributed by atoms with Crippen LogP contribution in [0.5, 0.6) is 5.75 Å². The molecule has 0 aliphatic carbocycles. The Bertz CT molecular complexity index is 223. The van der Waals surface area contributed by atoms with E-state index in [9.17, 15) is 5.11 Å². The van der Waals surface area contributed by atoms with Crippen molar-refractivity contribution in [1.29, 1.82) is 0 Å². The van der Waals surface area contributed by atoms with Gasteiger partial charge in [0.1, 0.15) is 0 Å². The van der Waals surface area contributed by atoms with E-state index in [-0.39, 0.29) is 24.6 Å². The van der Waals surface area contributed by atoms with Crippen molar-refractivity contribution in [1.82, 2.24) is 0 Å². The molecule has 1 aromatic rings. The van der Waals surface area contributed by atoms with Crippen LogP contribution in [0.3, 0.4) is 0 Å². The summed E-state index contributed by atoms with van der Waals surface area (Å²) in [5, 5.41) is 11.4. The summed E-state index contributed by atoms with van der Waals surface area (Å²) in [5.41, 5.74) is 1.87. The fourth-order valence-electron chi connectivity index (χ4n) is 1.19. The maximum absolute atomic E-state index is 11.4. The maximum atomic E-state index is 11.4. The van der Waals surface area contributed by atoms with E-state index >= 15 is 0 Å². The van der Waals surface area contributed by atoms with Crippen LogP contribution in [0.4, 0.5) is 0 Å². The average molecular weight is 156 g/mol. The number of aryl methyl sites for hydroxylation is 2. The first-order valence-corrected chi connectivity index (χ1v) is 4.07. The van der Waals surface area contributed by atoms with Gasteiger partial charge in [-0.2, -0.15) is 0 Å². The van der Waals surface area contributed by atoms with Crippen LogP contribution in [0, 0.1) is 0 Å². The number of rotatable bonds is 2. The molecule has 60 valence electrons. The predicted molar refractivity (Wildman–Crippen MR) is 44.6 cm³/mol. The largest absolute Gasteiger partial charge is 1.00 e. The van der Waals surface area contributed by atoms with Crippen molar-refractivity contribution in [2.45, 2.75) is 26.7 Å². The summed E-state index contributed by atoms with van der Waals surface area (Å²) in [4.78, 5) is 0. The SMILES string of the molecule is CCc1cccc(CC)c1[O-].[Li+]. The van der Waals surface area contributed by atoms with E-state index in [0.29, 0.717) is 0 Å². The first-order chi connectivity index (χ1) is 5.29. The average Bonchev–Trinajstić information content (AvgIpc) is 2.05. The van der Waals surface area contributed by atoms with E-state index in [0.717, 1.165) is 24.0 Å². The molecule has 0 atom stereocenters. The third kappa shape index (κ3) is 2.30. The molecule has 0 fully saturated rings. The van der Waals surface area contributed by atoms with Gasteiger partial charge < -0.3 is 5.11 Å². The topological polar surface area (TPSA) is 23.1 Å². The van der Waals surface area contributed by atoms with Gasteiger partial charge in [-0.1, -0.05) is 43.2 Å². The molecule has 1 aromatic carbocycles. The summed E-state index contributed by atoms with van der Waals surface area (Å²) >= 11 is 0. The quantitative estimate of drug-likeness (QED) is 0.498. The zero-order chi connectivity index (χ0) is 8.27. The predicted octanol–water partition coefficient (Wildman–Crippen LogP) is -1.11. The second-order valence-electron chi connectivity index (χ2n) is 2.61. The van der Waals surface area contributed by atoms with Crippen LogP contribution in [0.1, 0.15) is 25.0 Å². The summed E-state index contributed by atoms with van der Waals surface area (Å²) in [6, 6.07) is 5.77. The molecule has 0 heterocycles. The van der Waals surface area contributed by atoms with Gasteiger partial charge in [-0.05, 0) is 12.8 Å². The second-order valence-corrected chi connectivity index (χ2v) is 2.61. The van der Waals surface area contributed by atoms with Crippen LogP contribution in [0.25, 0.3) is 0 Å². The van der Waals surface area contributed by atoms with Gasteiger partial charge in [0.15, 0.2) is 0 Å². The Kier molecular flexibility index (Phi) is 5.13. The molecule has 12 heavy (non-hydrogen) atoms. The maximum Gasteiger partial charge on any atom is 1.00 e. The summed E-state index contributed by atoms with van der Waals surface area (Å²) in [6.07, 6.45) is 1.68. The zero-order valence-electron chi connectivity index (χ0n) is 8.05. The van der Waals surface area contributed by atoms with Gasteiger partial charge >= 0.3 is 18.9 Å². The zero-order valence-corrected chi connectivity index (χ0v) is 8.05. The number of hydrogen-bond acceptors (Lipinski definition) is 1. The molecule has 2 heteroatoms. The Morgan fingerprint density at radius 2 is 1.50 bits per heavy atom. The van der Waals surface area contributed by atoms with E-state index in [1.54, 1.807) is 0 Å². The van der Waals surface area contributed by atoms with Crippen LogP contribution in [0.15, 0.2) is 18.2 Å². The van der Waals surface area contributed by atoms with E-state index in [1.165, 1.54) is 0 Å². The number of hydrogen-bond donors (Lipinski definition) is 0. The molecule has 0 radical (unpaired) electrons. The van der Waals surface area contributed by atoms with Crippen molar-refractivity contribution in [3.8, 4) is 5.75 Å². The van der Waals surface area contributed by atoms with E-state index in [1.807, 2.05) is 32.0 Å². The molecule has 0 saturated heterocycles. The Morgan fingerprint density at radius 3 is 1.83 bits per heavy atom. The molecule has 1 rings (SSSR count). The summed E-state index contributed by atoms with van der Waals surface area (Å²) in [5.74, 6) is 0.234. The van der Waals surface area contributed by atoms with E-state index in [4.69, 9.17) is 0 Å². The monoisotopic (exact) mass is 156 g/mol. The molecule has 0 N–H and O–H groups in total. The van der Waals surface area contributed by atoms with Crippen molar-refractivity contribution >= 4 is 0 Å². The number of para-hydroxylation sites is 1. The first kappa shape index (κ1) is 11.6. The molecule has 0 unspecified atom stereocenters. The second kappa shape index (κ2) is 5.30. The molecule has 0 aliphatic heterocycles. The van der Waals surface area contributed by atoms with E-state index in [2.05, 4.69) is 0 Å². The normalized spacial score (nSPS) is 9.17. The Balaban J connectivity index is 0.00000121. The Morgan fingerprint density at radius 1 is 1.08 bits per heavy atom. The van der Waals surface area contributed by atoms with Gasteiger partial charge in [0.25, 0.3) is 0 Å². The third-order valence-electron chi connectivity index (χ3n) is 1.94. The summed E-state index contributed by atoms with van der Waals surface area (Å²) < 4.78 is 0. The van der Waals surface area contributed by atoms with Crippen molar-refractivity contribution in [2.75, 3.05) is 0 Å². The standard InChI is InChI=1S/C10H14O.Li/c1-3-8-6-5-7-9(4-2)10(8)11;/h5-7,11H,3-4H2,1-2H3;/q;+1/p-1. The van der Waals surface area contributed by atoms with Crippen molar-refractivity contribution in [3.63, 3.8) is 0 Å². The van der Waals surface area contributed by atoms with Gasteiger partial charge in [-0.25, -0.2) is 0 Å². The molecule has 0 aliphatic rings. The summed E-state index contributed by atoms with van der Waals surface area (Å²) in [7, 11) is 0. The van der Waals surface area contributed by atoms with Gasteiger partial charge in [-0.3, -0.25) is 0 Å². The van der Waals surface area contributed by atoms with Gasteiger partial charge in [-0.15, -0.1) is 5.75 Å².